The molecule has 9 heteroatoms. The molecular formula is C20H25NO8. The third-order valence-electron chi connectivity index (χ3n) is 3.86. The molecule has 2 rings (SSSR count). The van der Waals surface area contributed by atoms with Crippen molar-refractivity contribution in [1.29, 1.82) is 0 Å². The minimum absolute atomic E-state index is 0.211. The van der Waals surface area contributed by atoms with Gasteiger partial charge in [-0.2, -0.15) is 0 Å². The summed E-state index contributed by atoms with van der Waals surface area (Å²) in [6.07, 6.45) is 3.92. The van der Waals surface area contributed by atoms with Gasteiger partial charge in [0.25, 0.3) is 0 Å². The number of methoxy groups -OCH3 is 2. The summed E-state index contributed by atoms with van der Waals surface area (Å²) in [7, 11) is 3.03. The first-order chi connectivity index (χ1) is 13.6. The largest absolute Gasteiger partial charge is 0.496 e. The monoisotopic (exact) mass is 407 g/mol. The van der Waals surface area contributed by atoms with Crippen LogP contribution in [0.3, 0.4) is 0 Å². The van der Waals surface area contributed by atoms with E-state index < -0.39 is 23.4 Å². The Labute approximate surface area is 168 Å². The van der Waals surface area contributed by atoms with Gasteiger partial charge in [-0.1, -0.05) is 18.2 Å². The number of allylic oxidation sites excluding steroid dienone is 2. The first kappa shape index (κ1) is 23.5. The Kier molecular flexibility index (Phi) is 8.72. The number of carbonyl (C=O) groups excluding carboxylic acids is 2. The lowest BCUT2D eigenvalue weighted by Gasteiger charge is -2.26. The van der Waals surface area contributed by atoms with E-state index in [0.29, 0.717) is 22.8 Å². The number of amides is 1. The SMILES string of the molecule is CCOC(=O)C1=CC=CC(C)(C(=O)Oc2cc(OC)cc(OC)c2)C1.NC(=O)O. The third-order valence-corrected chi connectivity index (χ3v) is 3.86. The maximum Gasteiger partial charge on any atom is 0.402 e. The molecule has 0 spiro atoms. The smallest absolute Gasteiger partial charge is 0.402 e. The lowest BCUT2D eigenvalue weighted by molar-refractivity contribution is -0.143. The fourth-order valence-corrected chi connectivity index (χ4v) is 2.46. The molecule has 1 amide bonds. The van der Waals surface area contributed by atoms with Gasteiger partial charge >= 0.3 is 18.0 Å². The molecule has 0 aromatic heterocycles. The molecule has 158 valence electrons. The number of carbonyl (C=O) groups is 3. The number of esters is 2. The van der Waals surface area contributed by atoms with E-state index in [2.05, 4.69) is 5.73 Å². The first-order valence-corrected chi connectivity index (χ1v) is 8.64. The maximum absolute atomic E-state index is 12.7. The first-order valence-electron chi connectivity index (χ1n) is 8.64. The molecule has 1 aromatic carbocycles. The molecule has 1 aliphatic rings. The molecule has 0 saturated carbocycles. The summed E-state index contributed by atoms with van der Waals surface area (Å²) in [5.41, 5.74) is 3.50. The van der Waals surface area contributed by atoms with Crippen LogP contribution in [-0.4, -0.2) is 44.0 Å². The van der Waals surface area contributed by atoms with Crippen LogP contribution in [0.4, 0.5) is 4.79 Å². The van der Waals surface area contributed by atoms with Gasteiger partial charge in [0.05, 0.1) is 26.2 Å². The van der Waals surface area contributed by atoms with E-state index in [-0.39, 0.29) is 13.0 Å². The van der Waals surface area contributed by atoms with Crippen molar-refractivity contribution in [3.05, 3.63) is 42.0 Å². The van der Waals surface area contributed by atoms with Crippen LogP contribution in [0.2, 0.25) is 0 Å². The van der Waals surface area contributed by atoms with E-state index >= 15 is 0 Å². The van der Waals surface area contributed by atoms with Gasteiger partial charge in [-0.3, -0.25) is 4.79 Å². The molecule has 1 aromatic rings. The second kappa shape index (κ2) is 10.7. The van der Waals surface area contributed by atoms with E-state index in [0.717, 1.165) is 0 Å². The number of ether oxygens (including phenoxy) is 4. The zero-order chi connectivity index (χ0) is 22.0. The van der Waals surface area contributed by atoms with Crippen molar-refractivity contribution in [2.75, 3.05) is 20.8 Å². The van der Waals surface area contributed by atoms with E-state index in [1.54, 1.807) is 50.3 Å². The van der Waals surface area contributed by atoms with Crippen molar-refractivity contribution < 1.29 is 38.4 Å². The Morgan fingerprint density at radius 2 is 1.62 bits per heavy atom. The summed E-state index contributed by atoms with van der Waals surface area (Å²) < 4.78 is 20.8. The molecule has 0 heterocycles. The Balaban J connectivity index is 0.000000960. The molecule has 0 saturated heterocycles. The molecule has 9 nitrogen and oxygen atoms in total. The van der Waals surface area contributed by atoms with Gasteiger partial charge < -0.3 is 29.8 Å². The number of carboxylic acid groups (broad SMARTS) is 1. The second-order valence-electron chi connectivity index (χ2n) is 6.14. The van der Waals surface area contributed by atoms with Gasteiger partial charge in [0.1, 0.15) is 17.2 Å². The Morgan fingerprint density at radius 3 is 2.10 bits per heavy atom. The molecular weight excluding hydrogens is 382 g/mol. The van der Waals surface area contributed by atoms with Crippen molar-refractivity contribution in [3.8, 4) is 17.2 Å². The van der Waals surface area contributed by atoms with Gasteiger partial charge in [0.15, 0.2) is 0 Å². The van der Waals surface area contributed by atoms with Gasteiger partial charge in [0.2, 0.25) is 0 Å². The fourth-order valence-electron chi connectivity index (χ4n) is 2.46. The normalized spacial score (nSPS) is 17.2. The number of benzene rings is 1. The van der Waals surface area contributed by atoms with E-state index in [1.165, 1.54) is 14.2 Å². The molecule has 1 unspecified atom stereocenters. The second-order valence-corrected chi connectivity index (χ2v) is 6.14. The zero-order valence-corrected chi connectivity index (χ0v) is 16.8. The van der Waals surface area contributed by atoms with Crippen LogP contribution in [0, 0.1) is 5.41 Å². The summed E-state index contributed by atoms with van der Waals surface area (Å²) in [6, 6.07) is 4.87. The summed E-state index contributed by atoms with van der Waals surface area (Å²) in [4.78, 5) is 33.4. The average Bonchev–Trinajstić information content (AvgIpc) is 2.67. The highest BCUT2D eigenvalue weighted by atomic mass is 16.5. The lowest BCUT2D eigenvalue weighted by atomic mass is 9.80. The lowest BCUT2D eigenvalue weighted by Crippen LogP contribution is -2.33. The van der Waals surface area contributed by atoms with E-state index in [4.69, 9.17) is 28.8 Å². The number of rotatable bonds is 6. The fraction of sp³-hybridized carbons (Fsp3) is 0.350. The molecule has 0 fully saturated rings. The molecule has 0 radical (unpaired) electrons. The van der Waals surface area contributed by atoms with Crippen molar-refractivity contribution >= 4 is 18.0 Å². The minimum atomic E-state index is -1.33. The van der Waals surface area contributed by atoms with Crippen LogP contribution in [-0.2, 0) is 14.3 Å². The zero-order valence-electron chi connectivity index (χ0n) is 16.8. The van der Waals surface area contributed by atoms with Crippen LogP contribution in [0.25, 0.3) is 0 Å². The van der Waals surface area contributed by atoms with Crippen molar-refractivity contribution in [3.63, 3.8) is 0 Å². The predicted molar refractivity (Wildman–Crippen MR) is 104 cm³/mol. The standard InChI is InChI=1S/C19H22O6.CH3NO2/c1-5-24-17(20)13-7-6-8-19(2,12-13)18(21)25-16-10-14(22-3)9-15(11-16)23-4;2-1(3)4/h6-11H,5,12H2,1-4H3;2H2,(H,3,4). The van der Waals surface area contributed by atoms with Crippen molar-refractivity contribution in [2.45, 2.75) is 20.3 Å². The van der Waals surface area contributed by atoms with E-state index in [1.807, 2.05) is 0 Å². The maximum atomic E-state index is 12.7. The van der Waals surface area contributed by atoms with Crippen LogP contribution >= 0.6 is 0 Å². The summed E-state index contributed by atoms with van der Waals surface area (Å²) >= 11 is 0. The van der Waals surface area contributed by atoms with Crippen molar-refractivity contribution in [2.24, 2.45) is 11.1 Å². The van der Waals surface area contributed by atoms with Crippen LogP contribution in [0.1, 0.15) is 20.3 Å². The molecule has 1 aliphatic carbocycles. The Morgan fingerprint density at radius 1 is 1.10 bits per heavy atom. The Bertz CT molecular complexity index is 788. The number of nitrogens with two attached hydrogens (primary N) is 1. The van der Waals surface area contributed by atoms with Gasteiger partial charge in [-0.05, 0) is 20.3 Å². The van der Waals surface area contributed by atoms with Gasteiger partial charge in [-0.25, -0.2) is 9.59 Å². The topological polar surface area (TPSA) is 134 Å². The highest BCUT2D eigenvalue weighted by Gasteiger charge is 2.37. The van der Waals surface area contributed by atoms with E-state index in [9.17, 15) is 9.59 Å². The van der Waals surface area contributed by atoms with Gasteiger partial charge in [0, 0.05) is 23.8 Å². The molecule has 0 bridgehead atoms. The average molecular weight is 407 g/mol. The van der Waals surface area contributed by atoms with Crippen LogP contribution < -0.4 is 19.9 Å². The Hall–Kier alpha value is -3.49. The predicted octanol–water partition coefficient (Wildman–Crippen LogP) is 2.69. The molecule has 1 atom stereocenters. The molecule has 29 heavy (non-hydrogen) atoms. The minimum Gasteiger partial charge on any atom is -0.496 e. The summed E-state index contributed by atoms with van der Waals surface area (Å²) in [6.45, 7) is 3.74. The molecule has 3 N–H and O–H groups in total. The van der Waals surface area contributed by atoms with Gasteiger partial charge in [-0.15, -0.1) is 0 Å². The third kappa shape index (κ3) is 7.21. The highest BCUT2D eigenvalue weighted by Crippen LogP contribution is 2.35. The van der Waals surface area contributed by atoms with Crippen molar-refractivity contribution in [1.82, 2.24) is 0 Å². The number of hydrogen-bond acceptors (Lipinski definition) is 7. The van der Waals surface area contributed by atoms with Crippen LogP contribution in [0.5, 0.6) is 17.2 Å². The number of hydrogen-bond donors (Lipinski definition) is 2. The molecule has 0 aliphatic heterocycles. The van der Waals surface area contributed by atoms with Crippen LogP contribution in [0.15, 0.2) is 42.0 Å². The quantitative estimate of drug-likeness (QED) is 0.543. The highest BCUT2D eigenvalue weighted by molar-refractivity contribution is 5.92. The summed E-state index contributed by atoms with van der Waals surface area (Å²) in [5, 5.41) is 7.19. The summed E-state index contributed by atoms with van der Waals surface area (Å²) in [5.74, 6) is 0.433. The number of primary amides is 1.